The van der Waals surface area contributed by atoms with E-state index < -0.39 is 5.97 Å². The lowest BCUT2D eigenvalue weighted by molar-refractivity contribution is 0.0692. The van der Waals surface area contributed by atoms with Crippen LogP contribution in [0, 0.1) is 5.82 Å². The fraction of sp³-hybridized carbons (Fsp3) is 0.0769. The second-order valence-corrected chi connectivity index (χ2v) is 3.60. The number of nitrogens with zero attached hydrogens (tertiary/aromatic N) is 1. The zero-order valence-corrected chi connectivity index (χ0v) is 9.55. The lowest BCUT2D eigenvalue weighted by atomic mass is 10.1. The Bertz CT molecular complexity index is 599. The number of carbonyl (C=O) groups is 1. The lowest BCUT2D eigenvalue weighted by Gasteiger charge is -2.06. The first-order valence-corrected chi connectivity index (χ1v) is 5.15. The minimum atomic E-state index is -1.14. The Morgan fingerprint density at radius 1 is 1.33 bits per heavy atom. The number of pyridine rings is 1. The maximum absolute atomic E-state index is 13.1. The Morgan fingerprint density at radius 3 is 2.72 bits per heavy atom. The molecule has 18 heavy (non-hydrogen) atoms. The van der Waals surface area contributed by atoms with Crippen LogP contribution in [0.2, 0.25) is 0 Å². The zero-order chi connectivity index (χ0) is 13.1. The molecule has 0 saturated heterocycles. The van der Waals surface area contributed by atoms with Crippen molar-refractivity contribution in [1.29, 1.82) is 0 Å². The summed E-state index contributed by atoms with van der Waals surface area (Å²) in [6.07, 6.45) is 1.44. The van der Waals surface area contributed by atoms with Crippen LogP contribution in [0.1, 0.15) is 10.4 Å². The molecule has 0 unspecified atom stereocenters. The number of carboxylic acid groups (broad SMARTS) is 1. The van der Waals surface area contributed by atoms with E-state index in [1.54, 1.807) is 12.1 Å². The molecule has 0 aliphatic rings. The van der Waals surface area contributed by atoms with E-state index in [1.165, 1.54) is 31.5 Å². The zero-order valence-electron chi connectivity index (χ0n) is 9.55. The number of hydrogen-bond donors (Lipinski definition) is 1. The van der Waals surface area contributed by atoms with Gasteiger partial charge in [0.2, 0.25) is 5.88 Å². The predicted octanol–water partition coefficient (Wildman–Crippen LogP) is 2.59. The minimum absolute atomic E-state index is 0.0302. The molecule has 0 amide bonds. The molecule has 0 atom stereocenters. The summed E-state index contributed by atoms with van der Waals surface area (Å²) < 4.78 is 18.0. The number of ether oxygens (including phenoxy) is 1. The number of carboxylic acids is 1. The summed E-state index contributed by atoms with van der Waals surface area (Å²) in [6, 6.07) is 7.27. The fourth-order valence-corrected chi connectivity index (χ4v) is 1.59. The number of halogens is 1. The molecule has 92 valence electrons. The molecule has 1 N–H and O–H groups in total. The third-order valence-electron chi connectivity index (χ3n) is 2.43. The van der Waals surface area contributed by atoms with Gasteiger partial charge in [0.25, 0.3) is 0 Å². The Labute approximate surface area is 103 Å². The van der Waals surface area contributed by atoms with Crippen molar-refractivity contribution in [2.75, 3.05) is 7.11 Å². The van der Waals surface area contributed by atoms with E-state index in [0.717, 1.165) is 0 Å². The number of rotatable bonds is 3. The third kappa shape index (κ3) is 2.29. The van der Waals surface area contributed by atoms with Gasteiger partial charge in [-0.3, -0.25) is 0 Å². The SMILES string of the molecule is COc1ncc(-c2cccc(F)c2)cc1C(=O)O. The number of benzene rings is 1. The molecule has 1 heterocycles. The highest BCUT2D eigenvalue weighted by molar-refractivity contribution is 5.91. The quantitative estimate of drug-likeness (QED) is 0.905. The number of hydrogen-bond acceptors (Lipinski definition) is 3. The molecular weight excluding hydrogens is 237 g/mol. The van der Waals surface area contributed by atoms with Gasteiger partial charge in [0, 0.05) is 11.8 Å². The lowest BCUT2D eigenvalue weighted by Crippen LogP contribution is -2.02. The van der Waals surface area contributed by atoms with Gasteiger partial charge in [0.05, 0.1) is 7.11 Å². The highest BCUT2D eigenvalue weighted by atomic mass is 19.1. The topological polar surface area (TPSA) is 59.4 Å². The molecule has 1 aromatic carbocycles. The van der Waals surface area contributed by atoms with Crippen LogP contribution in [0.5, 0.6) is 5.88 Å². The maximum atomic E-state index is 13.1. The van der Waals surface area contributed by atoms with Gasteiger partial charge in [0.1, 0.15) is 11.4 Å². The van der Waals surface area contributed by atoms with Crippen LogP contribution in [-0.4, -0.2) is 23.2 Å². The van der Waals surface area contributed by atoms with Crippen molar-refractivity contribution in [2.45, 2.75) is 0 Å². The summed E-state index contributed by atoms with van der Waals surface area (Å²) in [5.41, 5.74) is 1.03. The van der Waals surface area contributed by atoms with Crippen molar-refractivity contribution in [3.8, 4) is 17.0 Å². The second kappa shape index (κ2) is 4.83. The Hall–Kier alpha value is -2.43. The molecule has 0 fully saturated rings. The van der Waals surface area contributed by atoms with E-state index in [0.29, 0.717) is 11.1 Å². The van der Waals surface area contributed by atoms with Gasteiger partial charge in [-0.15, -0.1) is 0 Å². The van der Waals surface area contributed by atoms with Crippen LogP contribution >= 0.6 is 0 Å². The summed E-state index contributed by atoms with van der Waals surface area (Å²) in [6.45, 7) is 0. The van der Waals surface area contributed by atoms with E-state index >= 15 is 0 Å². The van der Waals surface area contributed by atoms with E-state index in [1.807, 2.05) is 0 Å². The van der Waals surface area contributed by atoms with Gasteiger partial charge in [-0.1, -0.05) is 12.1 Å². The smallest absolute Gasteiger partial charge is 0.341 e. The van der Waals surface area contributed by atoms with E-state index in [-0.39, 0.29) is 17.3 Å². The molecular formula is C13H10FNO3. The monoisotopic (exact) mass is 247 g/mol. The Morgan fingerprint density at radius 2 is 2.11 bits per heavy atom. The molecule has 4 nitrogen and oxygen atoms in total. The highest BCUT2D eigenvalue weighted by Gasteiger charge is 2.13. The molecule has 0 spiro atoms. The van der Waals surface area contributed by atoms with E-state index in [4.69, 9.17) is 9.84 Å². The van der Waals surface area contributed by atoms with Gasteiger partial charge in [-0.2, -0.15) is 0 Å². The summed E-state index contributed by atoms with van der Waals surface area (Å²) in [4.78, 5) is 14.9. The average Bonchev–Trinajstić information content (AvgIpc) is 2.38. The largest absolute Gasteiger partial charge is 0.480 e. The molecule has 0 bridgehead atoms. The average molecular weight is 247 g/mol. The minimum Gasteiger partial charge on any atom is -0.480 e. The fourth-order valence-electron chi connectivity index (χ4n) is 1.59. The van der Waals surface area contributed by atoms with Gasteiger partial charge >= 0.3 is 5.97 Å². The first kappa shape index (κ1) is 12.0. The molecule has 0 radical (unpaired) electrons. The van der Waals surface area contributed by atoms with Crippen LogP contribution in [0.3, 0.4) is 0 Å². The summed E-state index contributed by atoms with van der Waals surface area (Å²) in [5.74, 6) is -1.50. The summed E-state index contributed by atoms with van der Waals surface area (Å²) in [7, 11) is 1.34. The number of methoxy groups -OCH3 is 1. The molecule has 0 saturated carbocycles. The van der Waals surface area contributed by atoms with E-state index in [9.17, 15) is 9.18 Å². The molecule has 0 aliphatic carbocycles. The van der Waals surface area contributed by atoms with Gasteiger partial charge in [-0.25, -0.2) is 14.2 Å². The number of aromatic nitrogens is 1. The van der Waals surface area contributed by atoms with Crippen LogP contribution in [-0.2, 0) is 0 Å². The highest BCUT2D eigenvalue weighted by Crippen LogP contribution is 2.24. The standard InChI is InChI=1S/C13H10FNO3/c1-18-12-11(13(16)17)6-9(7-15-12)8-3-2-4-10(14)5-8/h2-7H,1H3,(H,16,17). The Balaban J connectivity index is 2.53. The number of aromatic carboxylic acids is 1. The molecule has 2 rings (SSSR count). The predicted molar refractivity (Wildman–Crippen MR) is 63.1 cm³/mol. The van der Waals surface area contributed by atoms with Crippen LogP contribution in [0.15, 0.2) is 36.5 Å². The normalized spacial score (nSPS) is 10.1. The molecule has 0 aliphatic heterocycles. The van der Waals surface area contributed by atoms with Crippen molar-refractivity contribution >= 4 is 5.97 Å². The summed E-state index contributed by atoms with van der Waals surface area (Å²) in [5, 5.41) is 9.03. The second-order valence-electron chi connectivity index (χ2n) is 3.60. The first-order chi connectivity index (χ1) is 8.61. The van der Waals surface area contributed by atoms with Crippen molar-refractivity contribution in [1.82, 2.24) is 4.98 Å². The molecule has 2 aromatic rings. The van der Waals surface area contributed by atoms with Crippen molar-refractivity contribution < 1.29 is 19.0 Å². The van der Waals surface area contributed by atoms with E-state index in [2.05, 4.69) is 4.98 Å². The van der Waals surface area contributed by atoms with Crippen molar-refractivity contribution in [2.24, 2.45) is 0 Å². The van der Waals surface area contributed by atoms with Crippen LogP contribution in [0.4, 0.5) is 4.39 Å². The van der Waals surface area contributed by atoms with Crippen molar-refractivity contribution in [3.63, 3.8) is 0 Å². The molecule has 5 heteroatoms. The van der Waals surface area contributed by atoms with Crippen molar-refractivity contribution in [3.05, 3.63) is 47.9 Å². The van der Waals surface area contributed by atoms with Gasteiger partial charge in [-0.05, 0) is 23.8 Å². The Kier molecular flexibility index (Phi) is 3.23. The maximum Gasteiger partial charge on any atom is 0.341 e. The first-order valence-electron chi connectivity index (χ1n) is 5.15. The third-order valence-corrected chi connectivity index (χ3v) is 2.43. The molecule has 1 aromatic heterocycles. The van der Waals surface area contributed by atoms with Gasteiger partial charge in [0.15, 0.2) is 0 Å². The van der Waals surface area contributed by atoms with Gasteiger partial charge < -0.3 is 9.84 Å². The summed E-state index contributed by atoms with van der Waals surface area (Å²) >= 11 is 0. The van der Waals surface area contributed by atoms with Crippen LogP contribution in [0.25, 0.3) is 11.1 Å². The van der Waals surface area contributed by atoms with Crippen LogP contribution < -0.4 is 4.74 Å².